The SMILES string of the molecule is O=S(=O)(O)c1ccc(N=Nc2ccc(N=Nc3cc(S(=O)(=O)O)c4ccccc4c3O)cc2)cc1. The van der Waals surface area contributed by atoms with Crippen LogP contribution in [0.15, 0.2) is 109 Å². The van der Waals surface area contributed by atoms with E-state index in [0.717, 1.165) is 6.07 Å². The Hall–Kier alpha value is -4.04. The molecular formula is C22H16N4O7S2. The van der Waals surface area contributed by atoms with Crippen molar-refractivity contribution in [1.29, 1.82) is 0 Å². The lowest BCUT2D eigenvalue weighted by Gasteiger charge is -2.08. The first-order valence-electron chi connectivity index (χ1n) is 9.76. The molecule has 178 valence electrons. The number of azo groups is 2. The van der Waals surface area contributed by atoms with Gasteiger partial charge in [0.25, 0.3) is 20.2 Å². The third-order valence-electron chi connectivity index (χ3n) is 4.77. The second-order valence-corrected chi connectivity index (χ2v) is 9.96. The van der Waals surface area contributed by atoms with Gasteiger partial charge in [-0.15, -0.1) is 5.11 Å². The molecule has 0 aromatic heterocycles. The molecule has 0 saturated heterocycles. The predicted molar refractivity (Wildman–Crippen MR) is 126 cm³/mol. The van der Waals surface area contributed by atoms with Crippen molar-refractivity contribution in [1.82, 2.24) is 0 Å². The topological polar surface area (TPSA) is 178 Å². The van der Waals surface area contributed by atoms with E-state index < -0.39 is 25.1 Å². The van der Waals surface area contributed by atoms with Crippen LogP contribution in [-0.4, -0.2) is 31.0 Å². The van der Waals surface area contributed by atoms with Gasteiger partial charge in [-0.3, -0.25) is 9.11 Å². The largest absolute Gasteiger partial charge is 0.505 e. The molecule has 3 N–H and O–H groups in total. The maximum absolute atomic E-state index is 11.8. The molecule has 0 atom stereocenters. The first-order valence-corrected chi connectivity index (χ1v) is 12.6. The minimum absolute atomic E-state index is 0.145. The van der Waals surface area contributed by atoms with E-state index in [1.165, 1.54) is 36.4 Å². The van der Waals surface area contributed by atoms with Gasteiger partial charge in [-0.25, -0.2) is 0 Å². The zero-order valence-corrected chi connectivity index (χ0v) is 19.2. The Morgan fingerprint density at radius 2 is 1.03 bits per heavy atom. The average Bonchev–Trinajstić information content (AvgIpc) is 2.82. The molecular weight excluding hydrogens is 496 g/mol. The summed E-state index contributed by atoms with van der Waals surface area (Å²) >= 11 is 0. The molecule has 0 saturated carbocycles. The minimum Gasteiger partial charge on any atom is -0.505 e. The Balaban J connectivity index is 1.56. The smallest absolute Gasteiger partial charge is 0.295 e. The lowest BCUT2D eigenvalue weighted by molar-refractivity contribution is 0.478. The molecule has 0 aliphatic rings. The number of fused-ring (bicyclic) bond motifs is 1. The molecule has 11 nitrogen and oxygen atoms in total. The van der Waals surface area contributed by atoms with Crippen molar-refractivity contribution in [3.05, 3.63) is 78.9 Å². The standard InChI is InChI=1S/C22H16N4O7S2/c27-22-19-4-2-1-3-18(19)21(35(31,32)33)13-20(22)26-25-15-7-5-14(6-8-15)23-24-16-9-11-17(12-10-16)34(28,29)30/h1-13,27H,(H,28,29,30)(H,31,32,33). The van der Waals surface area contributed by atoms with E-state index >= 15 is 0 Å². The number of rotatable bonds is 6. The summed E-state index contributed by atoms with van der Waals surface area (Å²) in [5, 5.41) is 26.8. The molecule has 0 fully saturated rings. The van der Waals surface area contributed by atoms with E-state index in [1.807, 2.05) is 0 Å². The van der Waals surface area contributed by atoms with Gasteiger partial charge in [0.2, 0.25) is 0 Å². The van der Waals surface area contributed by atoms with Gasteiger partial charge >= 0.3 is 0 Å². The van der Waals surface area contributed by atoms with Crippen molar-refractivity contribution in [3.8, 4) is 5.75 Å². The summed E-state index contributed by atoms with van der Waals surface area (Å²) in [7, 11) is -8.86. The van der Waals surface area contributed by atoms with Crippen LogP contribution in [0.2, 0.25) is 0 Å². The summed E-state index contributed by atoms with van der Waals surface area (Å²) in [6.45, 7) is 0. The van der Waals surface area contributed by atoms with Crippen molar-refractivity contribution in [2.24, 2.45) is 20.5 Å². The van der Waals surface area contributed by atoms with Crippen LogP contribution >= 0.6 is 0 Å². The van der Waals surface area contributed by atoms with Crippen LogP contribution in [0, 0.1) is 0 Å². The zero-order valence-electron chi connectivity index (χ0n) is 17.6. The lowest BCUT2D eigenvalue weighted by atomic mass is 10.1. The molecule has 0 bridgehead atoms. The fourth-order valence-electron chi connectivity index (χ4n) is 3.10. The summed E-state index contributed by atoms with van der Waals surface area (Å²) < 4.78 is 64.3. The lowest BCUT2D eigenvalue weighted by Crippen LogP contribution is -1.99. The summed E-state index contributed by atoms with van der Waals surface area (Å²) in [5.74, 6) is -0.290. The molecule has 13 heteroatoms. The zero-order chi connectivity index (χ0) is 25.2. The van der Waals surface area contributed by atoms with Crippen LogP contribution in [0.4, 0.5) is 22.7 Å². The van der Waals surface area contributed by atoms with Gasteiger partial charge in [-0.05, 0) is 54.6 Å². The second kappa shape index (κ2) is 9.31. The number of phenols is 1. The summed E-state index contributed by atoms with van der Waals surface area (Å²) in [5.41, 5.74) is 1.03. The highest BCUT2D eigenvalue weighted by Crippen LogP contribution is 2.39. The number of phenolic OH excluding ortho intramolecular Hbond substituents is 1. The first-order chi connectivity index (χ1) is 16.5. The van der Waals surface area contributed by atoms with Crippen molar-refractivity contribution < 1.29 is 31.0 Å². The average molecular weight is 513 g/mol. The molecule has 0 aliphatic heterocycles. The van der Waals surface area contributed by atoms with Crippen LogP contribution in [0.25, 0.3) is 10.8 Å². The summed E-state index contributed by atoms with van der Waals surface area (Å²) in [6.07, 6.45) is 0. The Bertz CT molecular complexity index is 1680. The van der Waals surface area contributed by atoms with Gasteiger partial charge in [0, 0.05) is 10.8 Å². The molecule has 0 unspecified atom stereocenters. The van der Waals surface area contributed by atoms with E-state index in [-0.39, 0.29) is 27.1 Å². The fourth-order valence-corrected chi connectivity index (χ4v) is 4.30. The van der Waals surface area contributed by atoms with Crippen molar-refractivity contribution >= 4 is 53.8 Å². The van der Waals surface area contributed by atoms with Crippen molar-refractivity contribution in [3.63, 3.8) is 0 Å². The molecule has 0 radical (unpaired) electrons. The van der Waals surface area contributed by atoms with Crippen LogP contribution in [0.5, 0.6) is 5.75 Å². The highest BCUT2D eigenvalue weighted by atomic mass is 32.2. The molecule has 0 aliphatic carbocycles. The molecule has 35 heavy (non-hydrogen) atoms. The third-order valence-corrected chi connectivity index (χ3v) is 6.54. The Morgan fingerprint density at radius 3 is 1.51 bits per heavy atom. The highest BCUT2D eigenvalue weighted by Gasteiger charge is 2.19. The number of hydrogen-bond donors (Lipinski definition) is 3. The van der Waals surface area contributed by atoms with Crippen LogP contribution in [-0.2, 0) is 20.2 Å². The second-order valence-electron chi connectivity index (χ2n) is 7.15. The predicted octanol–water partition coefficient (Wildman–Crippen LogP) is 5.87. The minimum atomic E-state index is -4.57. The van der Waals surface area contributed by atoms with Crippen molar-refractivity contribution in [2.45, 2.75) is 9.79 Å². The fraction of sp³-hybridized carbons (Fsp3) is 0. The van der Waals surface area contributed by atoms with E-state index in [0.29, 0.717) is 17.1 Å². The van der Waals surface area contributed by atoms with Crippen LogP contribution < -0.4 is 0 Å². The van der Waals surface area contributed by atoms with Crippen LogP contribution in [0.3, 0.4) is 0 Å². The molecule has 4 aromatic rings. The van der Waals surface area contributed by atoms with E-state index in [9.17, 15) is 26.5 Å². The van der Waals surface area contributed by atoms with Crippen molar-refractivity contribution in [2.75, 3.05) is 0 Å². The molecule has 0 heterocycles. The first kappa shape index (κ1) is 24.1. The van der Waals surface area contributed by atoms with E-state index in [2.05, 4.69) is 20.5 Å². The monoisotopic (exact) mass is 512 g/mol. The number of aromatic hydroxyl groups is 1. The molecule has 0 spiro atoms. The molecule has 4 aromatic carbocycles. The summed E-state index contributed by atoms with van der Waals surface area (Å²) in [4.78, 5) is -0.660. The normalized spacial score (nSPS) is 12.6. The Labute approximate surface area is 199 Å². The van der Waals surface area contributed by atoms with E-state index in [1.54, 1.807) is 36.4 Å². The number of nitrogens with zero attached hydrogens (tertiary/aromatic N) is 4. The van der Waals surface area contributed by atoms with Gasteiger partial charge in [-0.1, -0.05) is 24.3 Å². The van der Waals surface area contributed by atoms with Gasteiger partial charge in [0.1, 0.15) is 10.6 Å². The Morgan fingerprint density at radius 1 is 0.571 bits per heavy atom. The van der Waals surface area contributed by atoms with Gasteiger partial charge in [0.15, 0.2) is 5.75 Å². The number of benzene rings is 4. The highest BCUT2D eigenvalue weighted by molar-refractivity contribution is 7.86. The maximum atomic E-state index is 11.8. The maximum Gasteiger partial charge on any atom is 0.295 e. The molecule has 4 rings (SSSR count). The summed E-state index contributed by atoms with van der Waals surface area (Å²) in [6, 6.07) is 18.6. The third kappa shape index (κ3) is 5.55. The van der Waals surface area contributed by atoms with E-state index in [4.69, 9.17) is 4.55 Å². The van der Waals surface area contributed by atoms with Gasteiger partial charge < -0.3 is 5.11 Å². The van der Waals surface area contributed by atoms with Gasteiger partial charge in [0.05, 0.1) is 22.0 Å². The number of hydrogen-bond acceptors (Lipinski definition) is 9. The molecule has 0 amide bonds. The quantitative estimate of drug-likeness (QED) is 0.213. The van der Waals surface area contributed by atoms with Crippen LogP contribution in [0.1, 0.15) is 0 Å². The van der Waals surface area contributed by atoms with Gasteiger partial charge in [-0.2, -0.15) is 32.2 Å². The Kier molecular flexibility index (Phi) is 6.41.